The van der Waals surface area contributed by atoms with Crippen molar-refractivity contribution < 1.29 is 19.8 Å². The van der Waals surface area contributed by atoms with E-state index < -0.39 is 23.2 Å². The Bertz CT molecular complexity index is 845. The number of carbonyl (C=O) groups excluding carboxylic acids is 1. The molecule has 0 aromatic heterocycles. The molecular formula is C21H31NO4Si2. The summed E-state index contributed by atoms with van der Waals surface area (Å²) in [4.78, 5) is 11.6. The third-order valence-corrected chi connectivity index (χ3v) is 5.20. The van der Waals surface area contributed by atoms with E-state index in [9.17, 15) is 4.79 Å². The number of rotatable bonds is 8. The second kappa shape index (κ2) is 8.83. The molecule has 0 saturated carbocycles. The molecule has 7 heteroatoms. The minimum Gasteiger partial charge on any atom is -0.544 e. The van der Waals surface area contributed by atoms with Crippen molar-refractivity contribution in [3.8, 4) is 11.5 Å². The summed E-state index contributed by atoms with van der Waals surface area (Å²) in [7, 11) is -2.27. The molecule has 0 aliphatic rings. The van der Waals surface area contributed by atoms with Gasteiger partial charge in [-0.05, 0) is 81.7 Å². The third kappa shape index (κ3) is 7.05. The molecule has 0 spiro atoms. The zero-order valence-corrected chi connectivity index (χ0v) is 19.8. The Balaban J connectivity index is 2.30. The smallest absolute Gasteiger partial charge is 0.337 e. The van der Waals surface area contributed by atoms with Gasteiger partial charge in [0.25, 0.3) is 0 Å². The van der Waals surface area contributed by atoms with Gasteiger partial charge in [0.2, 0.25) is 16.6 Å². The highest BCUT2D eigenvalue weighted by Crippen LogP contribution is 2.29. The molecule has 0 heterocycles. The number of nitrogens with one attached hydrogen (secondary N) is 1. The monoisotopic (exact) mass is 418 g/mol. The summed E-state index contributed by atoms with van der Waals surface area (Å²) in [6.45, 7) is 12.0. The van der Waals surface area contributed by atoms with Gasteiger partial charge in [0.1, 0.15) is 11.5 Å². The molecule has 0 amide bonds. The van der Waals surface area contributed by atoms with E-state index in [1.165, 1.54) is 7.11 Å². The second-order valence-corrected chi connectivity index (χ2v) is 17.3. The lowest BCUT2D eigenvalue weighted by atomic mass is 10.1. The van der Waals surface area contributed by atoms with Crippen LogP contribution in [0.1, 0.15) is 17.3 Å². The molecule has 28 heavy (non-hydrogen) atoms. The predicted octanol–water partition coefficient (Wildman–Crippen LogP) is 5.51. The Morgan fingerprint density at radius 3 is 2.11 bits per heavy atom. The molecule has 2 aromatic carbocycles. The normalized spacial score (nSPS) is 13.3. The molecule has 1 N–H and O–H groups in total. The quantitative estimate of drug-likeness (QED) is 0.452. The number of carbonyl (C=O) groups is 1. The van der Waals surface area contributed by atoms with Gasteiger partial charge < -0.3 is 18.9 Å². The first-order chi connectivity index (χ1) is 13.4. The zero-order valence-electron chi connectivity index (χ0n) is 18.8. The minimum atomic E-state index is -1.85. The number of esters is 1. The lowest BCUT2D eigenvalue weighted by molar-refractivity contribution is 0.0600. The van der Waals surface area contributed by atoms with Gasteiger partial charge >= 0.3 is 5.97 Å². The first-order valence-electron chi connectivity index (χ1n) is 9.85. The number of anilines is 1. The Labute approximate surface area is 171 Å². The maximum Gasteiger partial charge on any atom is 0.337 e. The van der Waals surface area contributed by atoms with Crippen LogP contribution in [0.5, 0.6) is 11.5 Å². The van der Waals surface area contributed by atoms with E-state index in [4.69, 9.17) is 15.0 Å². The largest absolute Gasteiger partial charge is 0.544 e. The molecule has 152 valence electrons. The van der Waals surface area contributed by atoms with E-state index in [1.807, 2.05) is 18.2 Å². The molecule has 0 saturated heterocycles. The van der Waals surface area contributed by atoms with Gasteiger partial charge in [-0.2, -0.15) is 0 Å². The van der Waals surface area contributed by atoms with Crippen molar-refractivity contribution in [2.24, 2.45) is 0 Å². The number of hydrogen-bond donors (Lipinski definition) is 1. The third-order valence-electron chi connectivity index (χ3n) is 3.52. The van der Waals surface area contributed by atoms with Crippen LogP contribution in [0, 0.1) is 0 Å². The van der Waals surface area contributed by atoms with Crippen molar-refractivity contribution >= 4 is 28.3 Å². The fourth-order valence-electron chi connectivity index (χ4n) is 2.46. The highest BCUT2D eigenvalue weighted by Gasteiger charge is 2.20. The number of ether oxygens (including phenoxy) is 1. The molecule has 2 aromatic rings. The van der Waals surface area contributed by atoms with Crippen LogP contribution in [-0.2, 0) is 11.3 Å². The number of hydrogen-bond acceptors (Lipinski definition) is 5. The van der Waals surface area contributed by atoms with Crippen LogP contribution in [0.25, 0.3) is 0 Å². The zero-order chi connectivity index (χ0) is 21.8. The molecule has 0 aliphatic heterocycles. The van der Waals surface area contributed by atoms with Gasteiger partial charge in [0, 0.05) is 17.8 Å². The van der Waals surface area contributed by atoms with E-state index >= 15 is 0 Å². The van der Waals surface area contributed by atoms with E-state index in [1.54, 1.807) is 24.3 Å². The molecule has 2 rings (SSSR count). The average Bonchev–Trinajstić information content (AvgIpc) is 2.60. The van der Waals surface area contributed by atoms with Gasteiger partial charge in [-0.15, -0.1) is 0 Å². The van der Waals surface area contributed by atoms with Gasteiger partial charge in [0.15, 0.2) is 0 Å². The molecule has 0 radical (unpaired) electrons. The van der Waals surface area contributed by atoms with Crippen molar-refractivity contribution in [2.45, 2.75) is 45.8 Å². The molecule has 0 aliphatic carbocycles. The van der Waals surface area contributed by atoms with Crippen LogP contribution >= 0.6 is 0 Å². The van der Waals surface area contributed by atoms with Gasteiger partial charge in [-0.25, -0.2) is 4.79 Å². The standard InChI is InChI=1S/C21H31NO4Si2/c1-24-21(23)16-8-10-18(11-9-16)22-15-17-14-19(25-27(2,3)4)12-13-20(17)26-28(5,6)7/h8-14,22H,15H2,1-7H3/i15D. The Morgan fingerprint density at radius 1 is 0.964 bits per heavy atom. The Kier molecular flexibility index (Phi) is 6.46. The van der Waals surface area contributed by atoms with Crippen molar-refractivity contribution in [1.29, 1.82) is 0 Å². The first-order valence-corrected chi connectivity index (χ1v) is 16.1. The summed E-state index contributed by atoms with van der Waals surface area (Å²) < 4.78 is 25.7. The lowest BCUT2D eigenvalue weighted by Crippen LogP contribution is -2.30. The highest BCUT2D eigenvalue weighted by atomic mass is 28.4. The van der Waals surface area contributed by atoms with E-state index in [-0.39, 0.29) is 5.97 Å². The molecule has 0 bridgehead atoms. The maximum absolute atomic E-state index is 11.6. The summed E-state index contributed by atoms with van der Waals surface area (Å²) in [6, 6.07) is 12.6. The van der Waals surface area contributed by atoms with Crippen molar-refractivity contribution in [3.63, 3.8) is 0 Å². The molecular weight excluding hydrogens is 386 g/mol. The number of methoxy groups -OCH3 is 1. The van der Waals surface area contributed by atoms with Gasteiger partial charge in [-0.1, -0.05) is 0 Å². The summed E-state index contributed by atoms with van der Waals surface area (Å²) >= 11 is 0. The highest BCUT2D eigenvalue weighted by molar-refractivity contribution is 6.70. The van der Waals surface area contributed by atoms with Crippen molar-refractivity contribution in [3.05, 3.63) is 53.6 Å². The van der Waals surface area contributed by atoms with Gasteiger partial charge in [-0.3, -0.25) is 0 Å². The van der Waals surface area contributed by atoms with Crippen molar-refractivity contribution in [1.82, 2.24) is 0 Å². The molecule has 0 fully saturated rings. The molecule has 1 unspecified atom stereocenters. The molecule has 5 nitrogen and oxygen atoms in total. The van der Waals surface area contributed by atoms with Crippen LogP contribution in [0.15, 0.2) is 42.5 Å². The van der Waals surface area contributed by atoms with Crippen LogP contribution in [0.4, 0.5) is 5.69 Å². The number of benzene rings is 2. The second-order valence-electron chi connectivity index (χ2n) is 8.49. The van der Waals surface area contributed by atoms with Crippen LogP contribution in [0.2, 0.25) is 39.3 Å². The van der Waals surface area contributed by atoms with Crippen LogP contribution < -0.4 is 14.2 Å². The maximum atomic E-state index is 11.6. The topological polar surface area (TPSA) is 56.8 Å². The van der Waals surface area contributed by atoms with E-state index in [0.29, 0.717) is 11.3 Å². The van der Waals surface area contributed by atoms with E-state index in [0.717, 1.165) is 17.0 Å². The SMILES string of the molecule is [2H]C(Nc1ccc(C(=O)OC)cc1)c1cc(O[Si](C)(C)C)ccc1O[Si](C)(C)C. The predicted molar refractivity (Wildman–Crippen MR) is 119 cm³/mol. The average molecular weight is 419 g/mol. The fourth-order valence-corrected chi connectivity index (χ4v) is 4.14. The van der Waals surface area contributed by atoms with E-state index in [2.05, 4.69) is 44.6 Å². The van der Waals surface area contributed by atoms with Crippen LogP contribution in [0.3, 0.4) is 0 Å². The first kappa shape index (κ1) is 20.5. The Morgan fingerprint density at radius 2 is 1.57 bits per heavy atom. The lowest BCUT2D eigenvalue weighted by Gasteiger charge is -2.24. The van der Waals surface area contributed by atoms with Gasteiger partial charge in [0.05, 0.1) is 14.0 Å². The summed E-state index contributed by atoms with van der Waals surface area (Å²) in [5.41, 5.74) is 1.92. The summed E-state index contributed by atoms with van der Waals surface area (Å²) in [5, 5.41) is 3.16. The Hall–Kier alpha value is -2.26. The van der Waals surface area contributed by atoms with Crippen LogP contribution in [-0.4, -0.2) is 29.7 Å². The minimum absolute atomic E-state index is 0.388. The van der Waals surface area contributed by atoms with Crippen molar-refractivity contribution in [2.75, 3.05) is 12.4 Å². The summed E-state index contributed by atoms with van der Waals surface area (Å²) in [5.74, 6) is 1.06. The fraction of sp³-hybridized carbons (Fsp3) is 0.381. The molecule has 1 atom stereocenters. The summed E-state index contributed by atoms with van der Waals surface area (Å²) in [6.07, 6.45) is 0.